The van der Waals surface area contributed by atoms with Crippen LogP contribution >= 0.6 is 0 Å². The van der Waals surface area contributed by atoms with Crippen LogP contribution in [0.15, 0.2) is 29.1 Å². The Hall–Kier alpha value is -2.37. The first kappa shape index (κ1) is 17.5. The highest BCUT2D eigenvalue weighted by atomic mass is 16.2. The molecule has 1 aromatic carbocycles. The van der Waals surface area contributed by atoms with Crippen molar-refractivity contribution >= 4 is 22.8 Å². The number of benzene rings is 1. The van der Waals surface area contributed by atoms with E-state index >= 15 is 0 Å². The first-order valence-electron chi connectivity index (χ1n) is 9.02. The Morgan fingerprint density at radius 2 is 1.96 bits per heavy atom. The molecule has 0 atom stereocenters. The van der Waals surface area contributed by atoms with E-state index in [0.717, 1.165) is 23.9 Å². The summed E-state index contributed by atoms with van der Waals surface area (Å²) in [6.07, 6.45) is 6.07. The van der Waals surface area contributed by atoms with E-state index in [9.17, 15) is 9.59 Å². The number of carbonyl (C=O) groups excluding carboxylic acids is 1. The molecule has 0 unspecified atom stereocenters. The summed E-state index contributed by atoms with van der Waals surface area (Å²) in [7, 11) is 3.61. The third-order valence-corrected chi connectivity index (χ3v) is 4.79. The van der Waals surface area contributed by atoms with Crippen molar-refractivity contribution in [3.63, 3.8) is 0 Å². The number of nitrogens with one attached hydrogen (secondary N) is 1. The van der Waals surface area contributed by atoms with Crippen molar-refractivity contribution in [1.29, 1.82) is 0 Å². The number of aryl methyl sites for hydroxylation is 1. The normalized spacial score (nSPS) is 15.3. The average molecular weight is 342 g/mol. The lowest BCUT2D eigenvalue weighted by Crippen LogP contribution is -2.37. The molecule has 1 aliphatic carbocycles. The Balaban J connectivity index is 1.79. The van der Waals surface area contributed by atoms with Gasteiger partial charge < -0.3 is 14.8 Å². The Morgan fingerprint density at radius 1 is 1.24 bits per heavy atom. The summed E-state index contributed by atoms with van der Waals surface area (Å²) in [6, 6.07) is 7.85. The van der Waals surface area contributed by atoms with Crippen LogP contribution in [0.4, 0.5) is 5.82 Å². The molecule has 1 N–H and O–H groups in total. The molecular formula is C19H26N4O2. The molecule has 2 aromatic rings. The van der Waals surface area contributed by atoms with E-state index in [4.69, 9.17) is 0 Å². The molecule has 1 amide bonds. The summed E-state index contributed by atoms with van der Waals surface area (Å²) in [5, 5.41) is 3.11. The number of aromatic nitrogens is 2. The van der Waals surface area contributed by atoms with Crippen LogP contribution in [0.3, 0.4) is 0 Å². The Bertz CT molecular complexity index is 807. The molecule has 6 heteroatoms. The molecule has 1 aromatic heterocycles. The highest BCUT2D eigenvalue weighted by Crippen LogP contribution is 2.18. The lowest BCUT2D eigenvalue weighted by molar-refractivity contribution is -0.122. The predicted octanol–water partition coefficient (Wildman–Crippen LogP) is 2.30. The Kier molecular flexibility index (Phi) is 5.36. The summed E-state index contributed by atoms with van der Waals surface area (Å²) in [4.78, 5) is 31.2. The van der Waals surface area contributed by atoms with Crippen molar-refractivity contribution in [3.05, 3.63) is 34.6 Å². The lowest BCUT2D eigenvalue weighted by Gasteiger charge is -2.23. The quantitative estimate of drug-likeness (QED) is 0.905. The minimum atomic E-state index is -0.158. The molecular weight excluding hydrogens is 316 g/mol. The fourth-order valence-corrected chi connectivity index (χ4v) is 3.45. The molecule has 0 spiro atoms. The van der Waals surface area contributed by atoms with Gasteiger partial charge in [0.25, 0.3) is 5.56 Å². The zero-order valence-electron chi connectivity index (χ0n) is 15.0. The standard InChI is InChI=1S/C19H26N4O2/c1-22(2)18-19(25)23(16-11-7-6-10-15(16)21-18)13-12-17(24)20-14-8-4-3-5-9-14/h6-7,10-11,14H,3-5,8-9,12-13H2,1-2H3,(H,20,24). The van der Waals surface area contributed by atoms with Crippen molar-refractivity contribution in [1.82, 2.24) is 14.9 Å². The summed E-state index contributed by atoms with van der Waals surface area (Å²) in [6.45, 7) is 0.362. The van der Waals surface area contributed by atoms with Crippen LogP contribution in [0.5, 0.6) is 0 Å². The third kappa shape index (κ3) is 4.00. The fraction of sp³-hybridized carbons (Fsp3) is 0.526. The van der Waals surface area contributed by atoms with Gasteiger partial charge in [0.05, 0.1) is 11.0 Å². The van der Waals surface area contributed by atoms with Crippen LogP contribution in [0, 0.1) is 0 Å². The number of amides is 1. The molecule has 1 aliphatic rings. The SMILES string of the molecule is CN(C)c1nc2ccccc2n(CCC(=O)NC2CCCCC2)c1=O. The first-order valence-corrected chi connectivity index (χ1v) is 9.02. The molecule has 6 nitrogen and oxygen atoms in total. The maximum atomic E-state index is 12.8. The van der Waals surface area contributed by atoms with E-state index in [2.05, 4.69) is 10.3 Å². The number of hydrogen-bond donors (Lipinski definition) is 1. The van der Waals surface area contributed by atoms with Crippen LogP contribution in [0.25, 0.3) is 11.0 Å². The fourth-order valence-electron chi connectivity index (χ4n) is 3.45. The van der Waals surface area contributed by atoms with Gasteiger partial charge in [0.1, 0.15) is 0 Å². The van der Waals surface area contributed by atoms with Gasteiger partial charge in [0.15, 0.2) is 5.82 Å². The molecule has 0 radical (unpaired) electrons. The van der Waals surface area contributed by atoms with Gasteiger partial charge in [0.2, 0.25) is 5.91 Å². The van der Waals surface area contributed by atoms with Crippen LogP contribution in [-0.2, 0) is 11.3 Å². The zero-order valence-corrected chi connectivity index (χ0v) is 15.0. The highest BCUT2D eigenvalue weighted by molar-refractivity contribution is 5.78. The molecule has 3 rings (SSSR count). The summed E-state index contributed by atoms with van der Waals surface area (Å²) >= 11 is 0. The Labute approximate surface area is 147 Å². The highest BCUT2D eigenvalue weighted by Gasteiger charge is 2.17. The number of anilines is 1. The number of carbonyl (C=O) groups is 1. The van der Waals surface area contributed by atoms with Gasteiger partial charge in [-0.15, -0.1) is 0 Å². The second-order valence-corrected chi connectivity index (χ2v) is 6.93. The largest absolute Gasteiger partial charge is 0.358 e. The van der Waals surface area contributed by atoms with Gasteiger partial charge in [-0.2, -0.15) is 0 Å². The summed E-state index contributed by atoms with van der Waals surface area (Å²) in [5.41, 5.74) is 1.37. The number of fused-ring (bicyclic) bond motifs is 1. The zero-order chi connectivity index (χ0) is 17.8. The van der Waals surface area contributed by atoms with E-state index in [1.54, 1.807) is 23.6 Å². The minimum Gasteiger partial charge on any atom is -0.358 e. The van der Waals surface area contributed by atoms with Crippen LogP contribution in [-0.4, -0.2) is 35.6 Å². The minimum absolute atomic E-state index is 0.0195. The number of para-hydroxylation sites is 2. The van der Waals surface area contributed by atoms with Gasteiger partial charge in [-0.3, -0.25) is 9.59 Å². The second kappa shape index (κ2) is 7.68. The maximum absolute atomic E-state index is 12.8. The van der Waals surface area contributed by atoms with E-state index in [1.807, 2.05) is 24.3 Å². The molecule has 134 valence electrons. The number of nitrogens with zero attached hydrogens (tertiary/aromatic N) is 3. The van der Waals surface area contributed by atoms with Crippen LogP contribution < -0.4 is 15.8 Å². The van der Waals surface area contributed by atoms with Crippen molar-refractivity contribution < 1.29 is 4.79 Å². The summed E-state index contributed by atoms with van der Waals surface area (Å²) in [5.74, 6) is 0.414. The van der Waals surface area contributed by atoms with E-state index in [0.29, 0.717) is 24.8 Å². The predicted molar refractivity (Wildman–Crippen MR) is 100.0 cm³/mol. The molecule has 0 saturated heterocycles. The monoisotopic (exact) mass is 342 g/mol. The molecule has 1 saturated carbocycles. The lowest BCUT2D eigenvalue weighted by atomic mass is 9.95. The van der Waals surface area contributed by atoms with E-state index < -0.39 is 0 Å². The maximum Gasteiger partial charge on any atom is 0.293 e. The Morgan fingerprint density at radius 3 is 2.68 bits per heavy atom. The van der Waals surface area contributed by atoms with Gasteiger partial charge in [-0.25, -0.2) is 4.98 Å². The smallest absolute Gasteiger partial charge is 0.293 e. The topological polar surface area (TPSA) is 67.2 Å². The third-order valence-electron chi connectivity index (χ3n) is 4.79. The van der Waals surface area contributed by atoms with Gasteiger partial charge in [-0.05, 0) is 25.0 Å². The molecule has 0 aliphatic heterocycles. The molecule has 25 heavy (non-hydrogen) atoms. The van der Waals surface area contributed by atoms with Gasteiger partial charge in [-0.1, -0.05) is 31.4 Å². The van der Waals surface area contributed by atoms with Crippen molar-refractivity contribution in [2.45, 2.75) is 51.1 Å². The number of rotatable bonds is 5. The number of hydrogen-bond acceptors (Lipinski definition) is 4. The molecule has 0 bridgehead atoms. The van der Waals surface area contributed by atoms with Crippen molar-refractivity contribution in [3.8, 4) is 0 Å². The van der Waals surface area contributed by atoms with Crippen molar-refractivity contribution in [2.75, 3.05) is 19.0 Å². The van der Waals surface area contributed by atoms with Gasteiger partial charge >= 0.3 is 0 Å². The molecule has 1 fully saturated rings. The molecule has 1 heterocycles. The van der Waals surface area contributed by atoms with E-state index in [1.165, 1.54) is 19.3 Å². The van der Waals surface area contributed by atoms with Gasteiger partial charge in [0, 0.05) is 33.1 Å². The average Bonchev–Trinajstić information content (AvgIpc) is 2.61. The van der Waals surface area contributed by atoms with Crippen LogP contribution in [0.2, 0.25) is 0 Å². The van der Waals surface area contributed by atoms with Crippen molar-refractivity contribution in [2.24, 2.45) is 0 Å². The van der Waals surface area contributed by atoms with Crippen LogP contribution in [0.1, 0.15) is 38.5 Å². The van der Waals surface area contributed by atoms with E-state index in [-0.39, 0.29) is 11.5 Å². The second-order valence-electron chi connectivity index (χ2n) is 6.93. The summed E-state index contributed by atoms with van der Waals surface area (Å²) < 4.78 is 1.66. The first-order chi connectivity index (χ1) is 12.1.